The molecular weight excluding hydrogens is 232 g/mol. The van der Waals surface area contributed by atoms with E-state index in [4.69, 9.17) is 5.11 Å². The Morgan fingerprint density at radius 3 is 3.07 bits per heavy atom. The molecule has 0 saturated carbocycles. The molecule has 0 radical (unpaired) electrons. The van der Waals surface area contributed by atoms with Gasteiger partial charge in [-0.15, -0.1) is 0 Å². The molecule has 1 aromatic rings. The van der Waals surface area contributed by atoms with E-state index in [1.54, 1.807) is 0 Å². The van der Waals surface area contributed by atoms with Crippen LogP contribution in [0.3, 0.4) is 0 Å². The fourth-order valence-electron chi connectivity index (χ4n) is 0.955. The van der Waals surface area contributed by atoms with Crippen molar-refractivity contribution in [1.29, 1.82) is 0 Å². The Bertz CT molecular complexity index is 328. The number of aromatic carboxylic acids is 1. The smallest absolute Gasteiger partial charge is 0.347 e. The van der Waals surface area contributed by atoms with Crippen molar-refractivity contribution < 1.29 is 9.90 Å². The second-order valence-corrected chi connectivity index (χ2v) is 5.40. The first-order valence-corrected chi connectivity index (χ1v) is 6.69. The molecule has 84 valence electrons. The van der Waals surface area contributed by atoms with Crippen LogP contribution in [0.25, 0.3) is 0 Å². The molecule has 0 aromatic carbocycles. The minimum atomic E-state index is -0.918. The predicted octanol–water partition coefficient (Wildman–Crippen LogP) is 2.39. The third-order valence-electron chi connectivity index (χ3n) is 1.95. The molecule has 1 atom stereocenters. The summed E-state index contributed by atoms with van der Waals surface area (Å²) in [5.74, 6) is -0.918. The number of hydrogen-bond donors (Lipinski definition) is 2. The molecule has 6 heteroatoms. The summed E-state index contributed by atoms with van der Waals surface area (Å²) in [5, 5.41) is 13.1. The first kappa shape index (κ1) is 12.3. The average molecular weight is 246 g/mol. The molecule has 0 amide bonds. The first-order valence-electron chi connectivity index (χ1n) is 4.59. The van der Waals surface area contributed by atoms with Crippen molar-refractivity contribution in [3.8, 4) is 0 Å². The van der Waals surface area contributed by atoms with Crippen molar-refractivity contribution in [2.75, 3.05) is 18.1 Å². The molecule has 0 bridgehead atoms. The topological polar surface area (TPSA) is 62.2 Å². The number of nitrogens with one attached hydrogen (secondary N) is 1. The molecule has 2 N–H and O–H groups in total. The highest BCUT2D eigenvalue weighted by Gasteiger charge is 2.08. The molecule has 0 aliphatic rings. The second-order valence-electron chi connectivity index (χ2n) is 3.10. The Balaban J connectivity index is 2.35. The van der Waals surface area contributed by atoms with Gasteiger partial charge >= 0.3 is 5.97 Å². The van der Waals surface area contributed by atoms with Gasteiger partial charge in [-0.05, 0) is 12.7 Å². The average Bonchev–Trinajstić information content (AvgIpc) is 2.66. The van der Waals surface area contributed by atoms with Gasteiger partial charge in [-0.3, -0.25) is 0 Å². The van der Waals surface area contributed by atoms with Gasteiger partial charge in [0.05, 0.1) is 6.20 Å². The minimum Gasteiger partial charge on any atom is -0.477 e. The molecule has 0 aliphatic carbocycles. The monoisotopic (exact) mass is 246 g/mol. The van der Waals surface area contributed by atoms with E-state index in [0.717, 1.165) is 13.0 Å². The normalized spacial score (nSPS) is 12.4. The molecule has 0 saturated heterocycles. The lowest BCUT2D eigenvalue weighted by Crippen LogP contribution is -2.07. The van der Waals surface area contributed by atoms with Crippen LogP contribution in [-0.2, 0) is 0 Å². The third kappa shape index (κ3) is 4.09. The van der Waals surface area contributed by atoms with Crippen LogP contribution in [0.4, 0.5) is 5.13 Å². The maximum absolute atomic E-state index is 10.6. The van der Waals surface area contributed by atoms with E-state index in [1.807, 2.05) is 11.8 Å². The lowest BCUT2D eigenvalue weighted by Gasteiger charge is -2.07. The fraction of sp³-hybridized carbons (Fsp3) is 0.556. The van der Waals surface area contributed by atoms with Crippen LogP contribution in [0.1, 0.15) is 23.0 Å². The van der Waals surface area contributed by atoms with Crippen LogP contribution >= 0.6 is 23.1 Å². The van der Waals surface area contributed by atoms with Gasteiger partial charge in [0, 0.05) is 11.8 Å². The summed E-state index contributed by atoms with van der Waals surface area (Å²) in [4.78, 5) is 14.8. The number of thioether (sulfide) groups is 1. The van der Waals surface area contributed by atoms with E-state index in [0.29, 0.717) is 10.4 Å². The zero-order chi connectivity index (χ0) is 11.3. The van der Waals surface area contributed by atoms with Crippen LogP contribution in [-0.4, -0.2) is 34.1 Å². The zero-order valence-corrected chi connectivity index (χ0v) is 10.3. The van der Waals surface area contributed by atoms with E-state index in [1.165, 1.54) is 17.5 Å². The van der Waals surface area contributed by atoms with Crippen LogP contribution < -0.4 is 5.32 Å². The van der Waals surface area contributed by atoms with Crippen LogP contribution in [0, 0.1) is 0 Å². The van der Waals surface area contributed by atoms with Crippen molar-refractivity contribution in [3.63, 3.8) is 0 Å². The molecule has 0 spiro atoms. The van der Waals surface area contributed by atoms with Gasteiger partial charge in [0.15, 0.2) is 5.13 Å². The quantitative estimate of drug-likeness (QED) is 0.807. The van der Waals surface area contributed by atoms with E-state index in [9.17, 15) is 4.79 Å². The zero-order valence-electron chi connectivity index (χ0n) is 8.69. The van der Waals surface area contributed by atoms with Crippen molar-refractivity contribution in [3.05, 3.63) is 11.1 Å². The Morgan fingerprint density at radius 2 is 2.53 bits per heavy atom. The number of carbonyl (C=O) groups is 1. The van der Waals surface area contributed by atoms with E-state index in [2.05, 4.69) is 23.5 Å². The summed E-state index contributed by atoms with van der Waals surface area (Å²) in [6.45, 7) is 2.99. The number of carboxylic acid groups (broad SMARTS) is 1. The van der Waals surface area contributed by atoms with Gasteiger partial charge in [0.1, 0.15) is 4.88 Å². The molecule has 0 aliphatic heterocycles. The third-order valence-corrected chi connectivity index (χ3v) is 3.93. The highest BCUT2D eigenvalue weighted by molar-refractivity contribution is 7.99. The molecule has 0 fully saturated rings. The van der Waals surface area contributed by atoms with E-state index < -0.39 is 5.97 Å². The first-order chi connectivity index (χ1) is 7.13. The van der Waals surface area contributed by atoms with E-state index in [-0.39, 0.29) is 4.88 Å². The van der Waals surface area contributed by atoms with Gasteiger partial charge in [0.25, 0.3) is 0 Å². The molecule has 1 unspecified atom stereocenters. The van der Waals surface area contributed by atoms with Crippen LogP contribution in [0.15, 0.2) is 6.20 Å². The Morgan fingerprint density at radius 1 is 1.80 bits per heavy atom. The number of nitrogens with zero attached hydrogens (tertiary/aromatic N) is 1. The molecule has 1 rings (SSSR count). The lowest BCUT2D eigenvalue weighted by molar-refractivity contribution is 0.0702. The summed E-state index contributed by atoms with van der Waals surface area (Å²) in [5.41, 5.74) is 0. The highest BCUT2D eigenvalue weighted by atomic mass is 32.2. The molecule has 4 nitrogen and oxygen atoms in total. The van der Waals surface area contributed by atoms with Gasteiger partial charge < -0.3 is 10.4 Å². The molecule has 1 aromatic heterocycles. The van der Waals surface area contributed by atoms with Gasteiger partial charge in [-0.1, -0.05) is 18.3 Å². The SMILES string of the molecule is CSC(C)CCNc1ncc(C(=O)O)s1. The van der Waals surface area contributed by atoms with E-state index >= 15 is 0 Å². The van der Waals surface area contributed by atoms with Crippen molar-refractivity contribution in [1.82, 2.24) is 4.98 Å². The lowest BCUT2D eigenvalue weighted by atomic mass is 10.3. The number of hydrogen-bond acceptors (Lipinski definition) is 5. The van der Waals surface area contributed by atoms with Crippen molar-refractivity contribution >= 4 is 34.2 Å². The largest absolute Gasteiger partial charge is 0.477 e. The number of thiazole rings is 1. The van der Waals surface area contributed by atoms with Gasteiger partial charge in [0.2, 0.25) is 0 Å². The predicted molar refractivity (Wildman–Crippen MR) is 65.2 cm³/mol. The molecule has 1 heterocycles. The Hall–Kier alpha value is -0.750. The number of aromatic nitrogens is 1. The van der Waals surface area contributed by atoms with Crippen molar-refractivity contribution in [2.45, 2.75) is 18.6 Å². The number of carboxylic acids is 1. The summed E-state index contributed by atoms with van der Waals surface area (Å²) in [7, 11) is 0. The summed E-state index contributed by atoms with van der Waals surface area (Å²) < 4.78 is 0. The van der Waals surface area contributed by atoms with Gasteiger partial charge in [-0.25, -0.2) is 9.78 Å². The summed E-state index contributed by atoms with van der Waals surface area (Å²) >= 11 is 2.99. The van der Waals surface area contributed by atoms with Gasteiger partial charge in [-0.2, -0.15) is 11.8 Å². The highest BCUT2D eigenvalue weighted by Crippen LogP contribution is 2.18. The number of rotatable bonds is 6. The number of anilines is 1. The van der Waals surface area contributed by atoms with Crippen molar-refractivity contribution in [2.24, 2.45) is 0 Å². The maximum atomic E-state index is 10.6. The van der Waals surface area contributed by atoms with Crippen LogP contribution in [0.2, 0.25) is 0 Å². The Labute approximate surface area is 97.1 Å². The molecular formula is C9H14N2O2S2. The summed E-state index contributed by atoms with van der Waals surface area (Å²) in [6, 6.07) is 0. The van der Waals surface area contributed by atoms with Crippen LogP contribution in [0.5, 0.6) is 0 Å². The fourth-order valence-corrected chi connectivity index (χ4v) is 1.99. The standard InChI is InChI=1S/C9H14N2O2S2/c1-6(14-2)3-4-10-9-11-5-7(15-9)8(12)13/h5-6H,3-4H2,1-2H3,(H,10,11)(H,12,13). The molecule has 15 heavy (non-hydrogen) atoms. The maximum Gasteiger partial charge on any atom is 0.347 e. The second kappa shape index (κ2) is 5.97. The summed E-state index contributed by atoms with van der Waals surface area (Å²) in [6.07, 6.45) is 4.51. The Kier molecular flexibility index (Phi) is 4.90. The minimum absolute atomic E-state index is 0.274.